The Kier molecular flexibility index (Phi) is 3.76. The molecule has 122 valence electrons. The molecule has 4 rings (SSSR count). The third kappa shape index (κ3) is 3.02. The number of aromatic amines is 1. The summed E-state index contributed by atoms with van der Waals surface area (Å²) in [6.45, 7) is 2.50. The molecule has 5 heteroatoms. The Bertz CT molecular complexity index is 895. The number of carbonyl (C=O) groups is 1. The summed E-state index contributed by atoms with van der Waals surface area (Å²) in [5.41, 5.74) is 3.67. The molecule has 0 atom stereocenters. The van der Waals surface area contributed by atoms with Gasteiger partial charge in [0, 0.05) is 35.3 Å². The lowest BCUT2D eigenvalue weighted by Gasteiger charge is -2.07. The van der Waals surface area contributed by atoms with Crippen LogP contribution in [0.15, 0.2) is 36.5 Å². The van der Waals surface area contributed by atoms with E-state index in [1.165, 1.54) is 10.9 Å². The molecule has 2 heterocycles. The summed E-state index contributed by atoms with van der Waals surface area (Å²) in [5, 5.41) is 4.18. The summed E-state index contributed by atoms with van der Waals surface area (Å²) >= 11 is 0. The molecule has 0 spiro atoms. The maximum Gasteiger partial charge on any atom is 0.270 e. The van der Waals surface area contributed by atoms with Gasteiger partial charge in [0.05, 0.1) is 0 Å². The summed E-state index contributed by atoms with van der Waals surface area (Å²) in [4.78, 5) is 24.5. The first-order chi connectivity index (χ1) is 11.7. The SMILES string of the molecule is Cc1cc(C(=O)NCCc2c[nH]c3ccccc23)nc(C2CC2)n1. The van der Waals surface area contributed by atoms with Crippen LogP contribution in [0.25, 0.3) is 10.9 Å². The van der Waals surface area contributed by atoms with Crippen molar-refractivity contribution in [3.05, 3.63) is 59.3 Å². The predicted octanol–water partition coefficient (Wildman–Crippen LogP) is 3.12. The largest absolute Gasteiger partial charge is 0.361 e. The topological polar surface area (TPSA) is 70.7 Å². The number of benzene rings is 1. The van der Waals surface area contributed by atoms with Crippen LogP contribution in [0.4, 0.5) is 0 Å². The van der Waals surface area contributed by atoms with Crippen LogP contribution in [-0.4, -0.2) is 27.4 Å². The molecule has 3 aromatic rings. The molecule has 0 unspecified atom stereocenters. The fourth-order valence-electron chi connectivity index (χ4n) is 2.97. The van der Waals surface area contributed by atoms with Gasteiger partial charge in [0.15, 0.2) is 0 Å². The molecular weight excluding hydrogens is 300 g/mol. The number of amides is 1. The van der Waals surface area contributed by atoms with Crippen molar-refractivity contribution >= 4 is 16.8 Å². The van der Waals surface area contributed by atoms with Crippen molar-refractivity contribution < 1.29 is 4.79 Å². The molecule has 0 bridgehead atoms. The van der Waals surface area contributed by atoms with E-state index in [0.29, 0.717) is 18.2 Å². The maximum absolute atomic E-state index is 12.4. The van der Waals surface area contributed by atoms with Crippen LogP contribution in [-0.2, 0) is 6.42 Å². The molecule has 1 fully saturated rings. The highest BCUT2D eigenvalue weighted by molar-refractivity contribution is 5.92. The minimum Gasteiger partial charge on any atom is -0.361 e. The molecule has 1 amide bonds. The monoisotopic (exact) mass is 320 g/mol. The van der Waals surface area contributed by atoms with Gasteiger partial charge in [0.25, 0.3) is 5.91 Å². The Balaban J connectivity index is 1.41. The van der Waals surface area contributed by atoms with Crippen LogP contribution >= 0.6 is 0 Å². The number of fused-ring (bicyclic) bond motifs is 1. The Hall–Kier alpha value is -2.69. The van der Waals surface area contributed by atoms with Crippen LogP contribution in [0.5, 0.6) is 0 Å². The van der Waals surface area contributed by atoms with Crippen molar-refractivity contribution in [2.45, 2.75) is 32.1 Å². The van der Waals surface area contributed by atoms with Crippen LogP contribution in [0.2, 0.25) is 0 Å². The lowest BCUT2D eigenvalue weighted by molar-refractivity contribution is 0.0948. The zero-order valence-corrected chi connectivity index (χ0v) is 13.7. The van der Waals surface area contributed by atoms with Gasteiger partial charge in [0.2, 0.25) is 0 Å². The van der Waals surface area contributed by atoms with E-state index in [1.807, 2.05) is 25.3 Å². The zero-order valence-electron chi connectivity index (χ0n) is 13.7. The van der Waals surface area contributed by atoms with Crippen molar-refractivity contribution in [2.24, 2.45) is 0 Å². The molecule has 0 aliphatic heterocycles. The number of H-pyrrole nitrogens is 1. The third-order valence-corrected chi connectivity index (χ3v) is 4.40. The summed E-state index contributed by atoms with van der Waals surface area (Å²) in [6, 6.07) is 9.95. The van der Waals surface area contributed by atoms with Crippen molar-refractivity contribution in [3.8, 4) is 0 Å². The highest BCUT2D eigenvalue weighted by Crippen LogP contribution is 2.38. The van der Waals surface area contributed by atoms with Gasteiger partial charge in [-0.1, -0.05) is 18.2 Å². The molecule has 0 radical (unpaired) electrons. The summed E-state index contributed by atoms with van der Waals surface area (Å²) in [6.07, 6.45) is 5.06. The van der Waals surface area contributed by atoms with Crippen molar-refractivity contribution in [1.82, 2.24) is 20.3 Å². The first-order valence-electron chi connectivity index (χ1n) is 8.39. The van der Waals surface area contributed by atoms with E-state index in [1.54, 1.807) is 6.07 Å². The number of aromatic nitrogens is 3. The fourth-order valence-corrected chi connectivity index (χ4v) is 2.97. The Morgan fingerprint density at radius 2 is 2.12 bits per heavy atom. The normalized spacial score (nSPS) is 14.0. The number of rotatable bonds is 5. The second-order valence-electron chi connectivity index (χ2n) is 6.39. The van der Waals surface area contributed by atoms with Gasteiger partial charge in [-0.15, -0.1) is 0 Å². The number of hydrogen-bond donors (Lipinski definition) is 2. The second kappa shape index (κ2) is 6.07. The molecule has 1 aliphatic carbocycles. The standard InChI is InChI=1S/C19H20N4O/c1-12-10-17(23-18(22-12)13-6-7-13)19(24)20-9-8-14-11-21-16-5-3-2-4-15(14)16/h2-5,10-11,13,21H,6-9H2,1H3,(H,20,24). The molecule has 2 N–H and O–H groups in total. The van der Waals surface area contributed by atoms with E-state index < -0.39 is 0 Å². The summed E-state index contributed by atoms with van der Waals surface area (Å²) in [5.74, 6) is 1.14. The first kappa shape index (κ1) is 14.9. The van der Waals surface area contributed by atoms with Gasteiger partial charge in [-0.05, 0) is 43.9 Å². The number of carbonyl (C=O) groups excluding carboxylic acids is 1. The Labute approximate surface area is 140 Å². The smallest absolute Gasteiger partial charge is 0.270 e. The second-order valence-corrected chi connectivity index (χ2v) is 6.39. The van der Waals surface area contributed by atoms with E-state index >= 15 is 0 Å². The number of nitrogens with zero attached hydrogens (tertiary/aromatic N) is 2. The van der Waals surface area contributed by atoms with E-state index in [2.05, 4.69) is 32.4 Å². The minimum absolute atomic E-state index is 0.123. The average Bonchev–Trinajstić information content (AvgIpc) is 3.36. The summed E-state index contributed by atoms with van der Waals surface area (Å²) in [7, 11) is 0. The van der Waals surface area contributed by atoms with Crippen molar-refractivity contribution in [1.29, 1.82) is 0 Å². The maximum atomic E-state index is 12.4. The number of hydrogen-bond acceptors (Lipinski definition) is 3. The minimum atomic E-state index is -0.123. The zero-order chi connectivity index (χ0) is 16.5. The van der Waals surface area contributed by atoms with Gasteiger partial charge < -0.3 is 10.3 Å². The molecule has 0 saturated heterocycles. The number of aryl methyl sites for hydroxylation is 1. The molecule has 1 aliphatic rings. The molecule has 24 heavy (non-hydrogen) atoms. The average molecular weight is 320 g/mol. The Morgan fingerprint density at radius 1 is 1.29 bits per heavy atom. The van der Waals surface area contributed by atoms with Gasteiger partial charge in [0.1, 0.15) is 11.5 Å². The van der Waals surface area contributed by atoms with Crippen LogP contribution < -0.4 is 5.32 Å². The highest BCUT2D eigenvalue weighted by Gasteiger charge is 2.27. The quantitative estimate of drug-likeness (QED) is 0.759. The van der Waals surface area contributed by atoms with Gasteiger partial charge >= 0.3 is 0 Å². The lowest BCUT2D eigenvalue weighted by atomic mass is 10.1. The first-order valence-corrected chi connectivity index (χ1v) is 8.39. The molecule has 1 aromatic carbocycles. The van der Waals surface area contributed by atoms with E-state index in [9.17, 15) is 4.79 Å². The number of para-hydroxylation sites is 1. The molecule has 1 saturated carbocycles. The van der Waals surface area contributed by atoms with Crippen LogP contribution in [0.3, 0.4) is 0 Å². The van der Waals surface area contributed by atoms with Gasteiger partial charge in [-0.3, -0.25) is 4.79 Å². The lowest BCUT2D eigenvalue weighted by Crippen LogP contribution is -2.27. The molecule has 5 nitrogen and oxygen atoms in total. The fraction of sp³-hybridized carbons (Fsp3) is 0.316. The predicted molar refractivity (Wildman–Crippen MR) is 93.1 cm³/mol. The summed E-state index contributed by atoms with van der Waals surface area (Å²) < 4.78 is 0. The number of nitrogens with one attached hydrogen (secondary N) is 2. The van der Waals surface area contributed by atoms with E-state index in [0.717, 1.165) is 36.3 Å². The molecular formula is C19H20N4O. The Morgan fingerprint density at radius 3 is 2.96 bits per heavy atom. The van der Waals surface area contributed by atoms with E-state index in [4.69, 9.17) is 0 Å². The van der Waals surface area contributed by atoms with Crippen LogP contribution in [0.1, 0.15) is 46.3 Å². The molecule has 2 aromatic heterocycles. The van der Waals surface area contributed by atoms with Crippen LogP contribution in [0, 0.1) is 6.92 Å². The highest BCUT2D eigenvalue weighted by atomic mass is 16.1. The van der Waals surface area contributed by atoms with Gasteiger partial charge in [-0.25, -0.2) is 9.97 Å². The van der Waals surface area contributed by atoms with Crippen molar-refractivity contribution in [2.75, 3.05) is 6.54 Å². The van der Waals surface area contributed by atoms with E-state index in [-0.39, 0.29) is 5.91 Å². The third-order valence-electron chi connectivity index (χ3n) is 4.40. The van der Waals surface area contributed by atoms with Crippen molar-refractivity contribution in [3.63, 3.8) is 0 Å². The van der Waals surface area contributed by atoms with Gasteiger partial charge in [-0.2, -0.15) is 0 Å².